The van der Waals surface area contributed by atoms with Gasteiger partial charge in [0.05, 0.1) is 12.5 Å². The summed E-state index contributed by atoms with van der Waals surface area (Å²) < 4.78 is 5.57. The monoisotopic (exact) mass is 290 g/mol. The van der Waals surface area contributed by atoms with Crippen molar-refractivity contribution in [2.75, 3.05) is 6.54 Å². The maximum atomic E-state index is 11.9. The van der Waals surface area contributed by atoms with Gasteiger partial charge in [0, 0.05) is 29.0 Å². The molecule has 2 rings (SSSR count). The van der Waals surface area contributed by atoms with E-state index in [-0.39, 0.29) is 16.9 Å². The molecule has 0 aromatic heterocycles. The number of allylic oxidation sites excluding steroid dienone is 4. The van der Waals surface area contributed by atoms with Gasteiger partial charge < -0.3 is 15.4 Å². The van der Waals surface area contributed by atoms with Crippen molar-refractivity contribution in [2.24, 2.45) is 10.8 Å². The number of urea groups is 1. The van der Waals surface area contributed by atoms with Crippen LogP contribution < -0.4 is 10.6 Å². The summed E-state index contributed by atoms with van der Waals surface area (Å²) in [6.07, 6.45) is 4.43. The molecule has 0 saturated heterocycles. The molecule has 1 aliphatic carbocycles. The lowest BCUT2D eigenvalue weighted by molar-refractivity contribution is 0.243. The van der Waals surface area contributed by atoms with E-state index >= 15 is 0 Å². The van der Waals surface area contributed by atoms with Crippen molar-refractivity contribution in [1.82, 2.24) is 10.6 Å². The molecule has 0 fully saturated rings. The number of hydrogen-bond acceptors (Lipinski definition) is 2. The highest BCUT2D eigenvalue weighted by Crippen LogP contribution is 2.52. The lowest BCUT2D eigenvalue weighted by Gasteiger charge is -2.30. The number of ether oxygens (including phenoxy) is 1. The third-order valence-electron chi connectivity index (χ3n) is 3.97. The molecule has 4 heteroatoms. The van der Waals surface area contributed by atoms with Crippen molar-refractivity contribution in [3.05, 3.63) is 34.9 Å². The van der Waals surface area contributed by atoms with Crippen molar-refractivity contribution >= 4 is 6.03 Å². The Morgan fingerprint density at radius 1 is 1.33 bits per heavy atom. The van der Waals surface area contributed by atoms with E-state index in [9.17, 15) is 4.79 Å². The highest BCUT2D eigenvalue weighted by atomic mass is 16.5. The number of nitrogens with one attached hydrogen (secondary N) is 2. The Hall–Kier alpha value is -1.71. The van der Waals surface area contributed by atoms with Gasteiger partial charge in [-0.15, -0.1) is 0 Å². The van der Waals surface area contributed by atoms with E-state index in [1.807, 2.05) is 13.2 Å². The SMILES string of the molecule is CCNC(=O)NC1=C2C(C(C)(C)C)=COC=C2C(C)(C)C1. The summed E-state index contributed by atoms with van der Waals surface area (Å²) in [5.41, 5.74) is 4.36. The van der Waals surface area contributed by atoms with Gasteiger partial charge in [0.1, 0.15) is 0 Å². The van der Waals surface area contributed by atoms with E-state index in [0.29, 0.717) is 6.54 Å². The van der Waals surface area contributed by atoms with Crippen molar-refractivity contribution in [3.8, 4) is 0 Å². The number of fused-ring (bicyclic) bond motifs is 1. The maximum Gasteiger partial charge on any atom is 0.318 e. The molecule has 0 bridgehead atoms. The topological polar surface area (TPSA) is 50.4 Å². The normalized spacial score (nSPS) is 20.3. The van der Waals surface area contributed by atoms with Gasteiger partial charge in [-0.3, -0.25) is 0 Å². The maximum absolute atomic E-state index is 11.9. The van der Waals surface area contributed by atoms with Crippen molar-refractivity contribution in [3.63, 3.8) is 0 Å². The van der Waals surface area contributed by atoms with Gasteiger partial charge in [-0.2, -0.15) is 0 Å². The zero-order valence-electron chi connectivity index (χ0n) is 13.9. The second-order valence-electron chi connectivity index (χ2n) is 7.35. The number of amides is 2. The molecule has 2 N–H and O–H groups in total. The number of rotatable bonds is 2. The van der Waals surface area contributed by atoms with Crippen LogP contribution in [0.2, 0.25) is 0 Å². The molecule has 0 saturated carbocycles. The smallest absolute Gasteiger partial charge is 0.318 e. The molecule has 0 aromatic carbocycles. The van der Waals surface area contributed by atoms with Gasteiger partial charge in [0.25, 0.3) is 0 Å². The summed E-state index contributed by atoms with van der Waals surface area (Å²) in [5, 5.41) is 5.82. The summed E-state index contributed by atoms with van der Waals surface area (Å²) in [7, 11) is 0. The Morgan fingerprint density at radius 2 is 2.00 bits per heavy atom. The molecular weight excluding hydrogens is 264 g/mol. The predicted molar refractivity (Wildman–Crippen MR) is 84.3 cm³/mol. The Labute approximate surface area is 127 Å². The number of carbonyl (C=O) groups is 1. The standard InChI is InChI=1S/C17H26N2O2/c1-7-18-15(20)19-13-8-17(5,6)12-10-21-9-11(14(12)13)16(2,3)4/h9-10H,7-8H2,1-6H3,(H2,18,19,20). The molecular formula is C17H26N2O2. The first kappa shape index (κ1) is 15.7. The van der Waals surface area contributed by atoms with Gasteiger partial charge in [-0.1, -0.05) is 34.6 Å². The fourth-order valence-corrected chi connectivity index (χ4v) is 2.88. The molecule has 116 valence electrons. The van der Waals surface area contributed by atoms with Gasteiger partial charge in [-0.25, -0.2) is 4.79 Å². The van der Waals surface area contributed by atoms with Crippen LogP contribution in [0.25, 0.3) is 0 Å². The van der Waals surface area contributed by atoms with E-state index < -0.39 is 0 Å². The van der Waals surface area contributed by atoms with Crippen molar-refractivity contribution in [2.45, 2.75) is 48.0 Å². The molecule has 4 nitrogen and oxygen atoms in total. The molecule has 0 radical (unpaired) electrons. The van der Waals surface area contributed by atoms with E-state index in [0.717, 1.165) is 23.3 Å². The minimum absolute atomic E-state index is 0.0328. The Bertz CT molecular complexity index is 546. The lowest BCUT2D eigenvalue weighted by atomic mass is 9.76. The van der Waals surface area contributed by atoms with Gasteiger partial charge in [-0.05, 0) is 24.2 Å². The Kier molecular flexibility index (Phi) is 3.91. The second-order valence-corrected chi connectivity index (χ2v) is 7.35. The van der Waals surface area contributed by atoms with Gasteiger partial charge in [0.2, 0.25) is 0 Å². The summed E-state index contributed by atoms with van der Waals surface area (Å²) in [5.74, 6) is 0. The summed E-state index contributed by atoms with van der Waals surface area (Å²) in [6.45, 7) is 13.4. The second kappa shape index (κ2) is 5.24. The van der Waals surface area contributed by atoms with Crippen LogP contribution in [0.3, 0.4) is 0 Å². The average molecular weight is 290 g/mol. The molecule has 0 unspecified atom stereocenters. The molecule has 0 aromatic rings. The quantitative estimate of drug-likeness (QED) is 0.812. The molecule has 0 atom stereocenters. The summed E-state index contributed by atoms with van der Waals surface area (Å²) in [4.78, 5) is 11.9. The number of hydrogen-bond donors (Lipinski definition) is 2. The zero-order valence-corrected chi connectivity index (χ0v) is 13.9. The van der Waals surface area contributed by atoms with E-state index in [1.54, 1.807) is 6.26 Å². The highest BCUT2D eigenvalue weighted by molar-refractivity contribution is 5.77. The summed E-state index contributed by atoms with van der Waals surface area (Å²) >= 11 is 0. The van der Waals surface area contributed by atoms with Crippen LogP contribution in [0.4, 0.5) is 4.79 Å². The van der Waals surface area contributed by atoms with E-state index in [4.69, 9.17) is 4.74 Å². The van der Waals surface area contributed by atoms with E-state index in [1.165, 1.54) is 5.57 Å². The molecule has 2 aliphatic rings. The van der Waals surface area contributed by atoms with Gasteiger partial charge >= 0.3 is 6.03 Å². The first-order valence-electron chi connectivity index (χ1n) is 7.52. The zero-order chi connectivity index (χ0) is 15.8. The minimum atomic E-state index is -0.142. The van der Waals surface area contributed by atoms with Crippen molar-refractivity contribution in [1.29, 1.82) is 0 Å². The summed E-state index contributed by atoms with van der Waals surface area (Å²) in [6, 6.07) is -0.142. The Balaban J connectivity index is 2.43. The molecule has 2 amide bonds. The fourth-order valence-electron chi connectivity index (χ4n) is 2.88. The van der Waals surface area contributed by atoms with E-state index in [2.05, 4.69) is 45.3 Å². The minimum Gasteiger partial charge on any atom is -0.472 e. The van der Waals surface area contributed by atoms with Crippen LogP contribution in [0.15, 0.2) is 34.9 Å². The average Bonchev–Trinajstić information content (AvgIpc) is 2.60. The lowest BCUT2D eigenvalue weighted by Crippen LogP contribution is -2.35. The first-order valence-corrected chi connectivity index (χ1v) is 7.52. The van der Waals surface area contributed by atoms with Crippen LogP contribution in [0, 0.1) is 10.8 Å². The number of carbonyl (C=O) groups excluding carboxylic acids is 1. The van der Waals surface area contributed by atoms with Crippen LogP contribution in [-0.2, 0) is 4.74 Å². The molecule has 0 spiro atoms. The first-order chi connectivity index (χ1) is 9.66. The van der Waals surface area contributed by atoms with Crippen LogP contribution in [0.5, 0.6) is 0 Å². The van der Waals surface area contributed by atoms with Gasteiger partial charge in [0.15, 0.2) is 0 Å². The van der Waals surface area contributed by atoms with Crippen LogP contribution in [-0.4, -0.2) is 12.6 Å². The fraction of sp³-hybridized carbons (Fsp3) is 0.588. The Morgan fingerprint density at radius 3 is 2.57 bits per heavy atom. The largest absolute Gasteiger partial charge is 0.472 e. The third-order valence-corrected chi connectivity index (χ3v) is 3.97. The predicted octanol–water partition coefficient (Wildman–Crippen LogP) is 3.83. The third kappa shape index (κ3) is 2.99. The van der Waals surface area contributed by atoms with Crippen LogP contribution >= 0.6 is 0 Å². The van der Waals surface area contributed by atoms with Crippen molar-refractivity contribution < 1.29 is 9.53 Å². The molecule has 1 aliphatic heterocycles. The molecule has 1 heterocycles. The molecule has 21 heavy (non-hydrogen) atoms. The highest BCUT2D eigenvalue weighted by Gasteiger charge is 2.42. The van der Waals surface area contributed by atoms with Crippen LogP contribution in [0.1, 0.15) is 48.0 Å².